The van der Waals surface area contributed by atoms with E-state index in [-0.39, 0.29) is 39.1 Å². The highest BCUT2D eigenvalue weighted by atomic mass is 35.5. The first kappa shape index (κ1) is 30.9. The van der Waals surface area contributed by atoms with Crippen LogP contribution < -0.4 is 9.62 Å². The third-order valence-corrected chi connectivity index (χ3v) is 9.95. The van der Waals surface area contributed by atoms with Crippen molar-refractivity contribution in [1.82, 2.24) is 10.2 Å². The number of rotatable bonds is 10. The number of sulfonamides is 1. The van der Waals surface area contributed by atoms with Crippen molar-refractivity contribution >= 4 is 50.7 Å². The Bertz CT molecular complexity index is 1480. The molecule has 41 heavy (non-hydrogen) atoms. The molecule has 0 aromatic heterocycles. The predicted molar refractivity (Wildman–Crippen MR) is 164 cm³/mol. The fourth-order valence-electron chi connectivity index (χ4n) is 5.08. The minimum atomic E-state index is -4.23. The summed E-state index contributed by atoms with van der Waals surface area (Å²) in [4.78, 5) is 28.9. The number of hydrogen-bond donors (Lipinski definition) is 1. The van der Waals surface area contributed by atoms with Gasteiger partial charge in [0.25, 0.3) is 10.0 Å². The summed E-state index contributed by atoms with van der Waals surface area (Å²) in [5.74, 6) is -0.815. The van der Waals surface area contributed by atoms with Crippen LogP contribution in [-0.2, 0) is 26.2 Å². The normalized spacial score (nSPS) is 14.7. The molecule has 1 aliphatic rings. The van der Waals surface area contributed by atoms with Gasteiger partial charge in [-0.2, -0.15) is 0 Å². The number of carbonyl (C=O) groups excluding carboxylic acids is 2. The first-order valence-electron chi connectivity index (χ1n) is 13.7. The Labute approximate surface area is 252 Å². The smallest absolute Gasteiger partial charge is 0.264 e. The van der Waals surface area contributed by atoms with Gasteiger partial charge in [-0.1, -0.05) is 96.6 Å². The summed E-state index contributed by atoms with van der Waals surface area (Å²) in [5, 5.41) is 3.27. The van der Waals surface area contributed by atoms with Gasteiger partial charge in [0.15, 0.2) is 0 Å². The van der Waals surface area contributed by atoms with Crippen molar-refractivity contribution in [3.8, 4) is 0 Å². The molecule has 0 heterocycles. The maximum Gasteiger partial charge on any atom is 0.264 e. The van der Waals surface area contributed by atoms with Crippen LogP contribution in [0.5, 0.6) is 0 Å². The lowest BCUT2D eigenvalue weighted by atomic mass is 9.95. The van der Waals surface area contributed by atoms with Crippen LogP contribution in [0.2, 0.25) is 10.0 Å². The molecule has 0 bridgehead atoms. The van der Waals surface area contributed by atoms with E-state index in [9.17, 15) is 18.0 Å². The third kappa shape index (κ3) is 7.61. The van der Waals surface area contributed by atoms with Crippen molar-refractivity contribution in [2.24, 2.45) is 0 Å². The van der Waals surface area contributed by atoms with E-state index < -0.39 is 28.5 Å². The molecule has 0 radical (unpaired) electrons. The second-order valence-corrected chi connectivity index (χ2v) is 13.1. The standard InChI is InChI=1S/C31H35Cl2N3O4S/c1-22-11-9-12-24(19-22)20-35(23(2)31(38)34-25-13-5-3-6-14-25)29(37)21-36(28-18-10-17-27(32)30(28)33)41(39,40)26-15-7-4-8-16-26/h4,7-12,15-19,23,25H,3,5-6,13-14,20-21H2,1-2H3,(H,34,38)/t23-/m0/s1. The largest absolute Gasteiger partial charge is 0.352 e. The number of nitrogens with one attached hydrogen (secondary N) is 1. The van der Waals surface area contributed by atoms with E-state index in [0.29, 0.717) is 0 Å². The molecule has 10 heteroatoms. The fraction of sp³-hybridized carbons (Fsp3) is 0.355. The summed E-state index contributed by atoms with van der Waals surface area (Å²) >= 11 is 12.7. The van der Waals surface area contributed by atoms with Crippen molar-refractivity contribution in [2.45, 2.75) is 69.5 Å². The Morgan fingerprint density at radius 1 is 0.951 bits per heavy atom. The van der Waals surface area contributed by atoms with Gasteiger partial charge in [-0.05, 0) is 56.5 Å². The molecule has 4 rings (SSSR count). The second kappa shape index (κ2) is 13.7. The average molecular weight is 617 g/mol. The Morgan fingerprint density at radius 2 is 1.63 bits per heavy atom. The maximum atomic E-state index is 14.1. The SMILES string of the molecule is Cc1cccc(CN(C(=O)CN(c2cccc(Cl)c2Cl)S(=O)(=O)c2ccccc2)[C@@H](C)C(=O)NC2CCCCC2)c1. The van der Waals surface area contributed by atoms with E-state index >= 15 is 0 Å². The summed E-state index contributed by atoms with van der Waals surface area (Å²) in [6, 6.07) is 19.3. The molecular formula is C31H35Cl2N3O4S. The molecule has 0 unspecified atom stereocenters. The number of amides is 2. The van der Waals surface area contributed by atoms with E-state index in [1.54, 1.807) is 37.3 Å². The van der Waals surface area contributed by atoms with Crippen molar-refractivity contribution in [3.63, 3.8) is 0 Å². The lowest BCUT2D eigenvalue weighted by Crippen LogP contribution is -2.53. The van der Waals surface area contributed by atoms with Crippen LogP contribution in [0.1, 0.15) is 50.2 Å². The highest BCUT2D eigenvalue weighted by molar-refractivity contribution is 7.92. The van der Waals surface area contributed by atoms with Crippen LogP contribution in [0.15, 0.2) is 77.7 Å². The van der Waals surface area contributed by atoms with Gasteiger partial charge in [-0.25, -0.2) is 8.42 Å². The van der Waals surface area contributed by atoms with Crippen LogP contribution in [0, 0.1) is 6.92 Å². The Balaban J connectivity index is 1.70. The van der Waals surface area contributed by atoms with Crippen LogP contribution in [-0.4, -0.2) is 43.8 Å². The van der Waals surface area contributed by atoms with Gasteiger partial charge in [0.2, 0.25) is 11.8 Å². The second-order valence-electron chi connectivity index (χ2n) is 10.4. The lowest BCUT2D eigenvalue weighted by molar-refractivity contribution is -0.139. The molecule has 1 aliphatic carbocycles. The number of halogens is 2. The van der Waals surface area contributed by atoms with Crippen molar-refractivity contribution in [3.05, 3.63) is 94.0 Å². The highest BCUT2D eigenvalue weighted by Crippen LogP contribution is 2.35. The molecule has 0 aliphatic heterocycles. The van der Waals surface area contributed by atoms with Crippen molar-refractivity contribution in [1.29, 1.82) is 0 Å². The van der Waals surface area contributed by atoms with Gasteiger partial charge in [0.1, 0.15) is 12.6 Å². The van der Waals surface area contributed by atoms with Crippen LogP contribution in [0.4, 0.5) is 5.69 Å². The molecular weight excluding hydrogens is 581 g/mol. The van der Waals surface area contributed by atoms with Crippen molar-refractivity contribution < 1.29 is 18.0 Å². The number of anilines is 1. The predicted octanol–water partition coefficient (Wildman–Crippen LogP) is 6.36. The fourth-order valence-corrected chi connectivity index (χ4v) is 6.97. The highest BCUT2D eigenvalue weighted by Gasteiger charge is 2.34. The summed E-state index contributed by atoms with van der Waals surface area (Å²) in [5.41, 5.74) is 1.91. The van der Waals surface area contributed by atoms with Gasteiger partial charge in [-0.3, -0.25) is 13.9 Å². The Kier molecular flexibility index (Phi) is 10.3. The quantitative estimate of drug-likeness (QED) is 0.287. The minimum absolute atomic E-state index is 0.00262. The molecule has 1 N–H and O–H groups in total. The van der Waals surface area contributed by atoms with Gasteiger partial charge in [0.05, 0.1) is 20.6 Å². The molecule has 7 nitrogen and oxygen atoms in total. The number of carbonyl (C=O) groups is 2. The molecule has 1 atom stereocenters. The monoisotopic (exact) mass is 615 g/mol. The number of benzene rings is 3. The Hall–Kier alpha value is -3.07. The molecule has 3 aromatic rings. The topological polar surface area (TPSA) is 86.8 Å². The lowest BCUT2D eigenvalue weighted by Gasteiger charge is -2.33. The molecule has 1 fully saturated rings. The van der Waals surface area contributed by atoms with Gasteiger partial charge < -0.3 is 10.2 Å². The van der Waals surface area contributed by atoms with Gasteiger partial charge >= 0.3 is 0 Å². The van der Waals surface area contributed by atoms with Crippen LogP contribution >= 0.6 is 23.2 Å². The molecule has 0 saturated heterocycles. The van der Waals surface area contributed by atoms with Gasteiger partial charge in [-0.15, -0.1) is 0 Å². The first-order chi connectivity index (χ1) is 19.6. The van der Waals surface area contributed by atoms with E-state index in [0.717, 1.165) is 47.5 Å². The summed E-state index contributed by atoms with van der Waals surface area (Å²) < 4.78 is 28.8. The molecule has 0 spiro atoms. The van der Waals surface area contributed by atoms with Crippen molar-refractivity contribution in [2.75, 3.05) is 10.8 Å². The number of hydrogen-bond acceptors (Lipinski definition) is 4. The van der Waals surface area contributed by atoms with E-state index in [1.165, 1.54) is 23.1 Å². The maximum absolute atomic E-state index is 14.1. The summed E-state index contributed by atoms with van der Waals surface area (Å²) in [6.45, 7) is 3.17. The number of nitrogens with zero attached hydrogens (tertiary/aromatic N) is 2. The first-order valence-corrected chi connectivity index (χ1v) is 15.9. The minimum Gasteiger partial charge on any atom is -0.352 e. The van der Waals surface area contributed by atoms with E-state index in [4.69, 9.17) is 23.2 Å². The Morgan fingerprint density at radius 3 is 2.32 bits per heavy atom. The van der Waals surface area contributed by atoms with E-state index in [1.807, 2.05) is 31.2 Å². The van der Waals surface area contributed by atoms with Crippen LogP contribution in [0.3, 0.4) is 0 Å². The van der Waals surface area contributed by atoms with Gasteiger partial charge in [0, 0.05) is 12.6 Å². The summed E-state index contributed by atoms with van der Waals surface area (Å²) in [6.07, 6.45) is 5.06. The molecule has 218 valence electrons. The molecule has 2 amide bonds. The summed E-state index contributed by atoms with van der Waals surface area (Å²) in [7, 11) is -4.23. The average Bonchev–Trinajstić information content (AvgIpc) is 2.97. The van der Waals surface area contributed by atoms with E-state index in [2.05, 4.69) is 5.32 Å². The zero-order valence-electron chi connectivity index (χ0n) is 23.2. The molecule has 3 aromatic carbocycles. The number of aryl methyl sites for hydroxylation is 1. The zero-order chi connectivity index (χ0) is 29.6. The van der Waals surface area contributed by atoms with Crippen LogP contribution in [0.25, 0.3) is 0 Å². The molecule has 1 saturated carbocycles. The zero-order valence-corrected chi connectivity index (χ0v) is 25.6. The third-order valence-electron chi connectivity index (χ3n) is 7.36.